The molecule has 2 aromatic rings. The van der Waals surface area contributed by atoms with Crippen molar-refractivity contribution in [2.45, 2.75) is 31.7 Å². The standard InChI is InChI=1S/C20H21Cl2N5O3S/c21-14-5-4-12(9-15(14)22)24-18(29)16-3-1-2-7-26(16)17(28)10-13-11-31-20(25-13)27-8-6-23-19(27)30/h4-5,9,11,16H,1-3,6-8,10H2,(H,23,30)(H,24,29). The molecular weight excluding hydrogens is 461 g/mol. The van der Waals surface area contributed by atoms with Gasteiger partial charge in [0.25, 0.3) is 0 Å². The van der Waals surface area contributed by atoms with Gasteiger partial charge in [0, 0.05) is 30.7 Å². The number of hydrogen-bond donors (Lipinski definition) is 2. The second-order valence-corrected chi connectivity index (χ2v) is 9.05. The minimum absolute atomic E-state index is 0.0858. The predicted octanol–water partition coefficient (Wildman–Crippen LogP) is 3.54. The average Bonchev–Trinajstić information content (AvgIpc) is 3.39. The lowest BCUT2D eigenvalue weighted by atomic mass is 10.0. The normalized spacial score (nSPS) is 18.8. The third-order valence-corrected chi connectivity index (χ3v) is 6.92. The van der Waals surface area contributed by atoms with Gasteiger partial charge in [-0.2, -0.15) is 0 Å². The Morgan fingerprint density at radius 3 is 2.81 bits per heavy atom. The van der Waals surface area contributed by atoms with E-state index in [4.69, 9.17) is 23.2 Å². The molecule has 0 aliphatic carbocycles. The Morgan fingerprint density at radius 1 is 1.23 bits per heavy atom. The number of halogens is 2. The van der Waals surface area contributed by atoms with Crippen LogP contribution in [0.3, 0.4) is 0 Å². The highest BCUT2D eigenvalue weighted by Crippen LogP contribution is 2.27. The SMILES string of the molecule is O=C(Nc1ccc(Cl)c(Cl)c1)C1CCCCN1C(=O)Cc1csc(N2CCNC2=O)n1. The number of benzene rings is 1. The van der Waals surface area contributed by atoms with Crippen LogP contribution < -0.4 is 15.5 Å². The summed E-state index contributed by atoms with van der Waals surface area (Å²) >= 11 is 13.3. The maximum atomic E-state index is 13.0. The first-order valence-corrected chi connectivity index (χ1v) is 11.6. The molecule has 0 bridgehead atoms. The molecule has 1 unspecified atom stereocenters. The van der Waals surface area contributed by atoms with Crippen molar-refractivity contribution in [1.29, 1.82) is 0 Å². The van der Waals surface area contributed by atoms with Gasteiger partial charge in [0.2, 0.25) is 11.8 Å². The third kappa shape index (κ3) is 4.94. The van der Waals surface area contributed by atoms with Crippen LogP contribution in [0.2, 0.25) is 10.0 Å². The fraction of sp³-hybridized carbons (Fsp3) is 0.400. The van der Waals surface area contributed by atoms with E-state index >= 15 is 0 Å². The lowest BCUT2D eigenvalue weighted by molar-refractivity contribution is -0.139. The van der Waals surface area contributed by atoms with Crippen LogP contribution in [-0.2, 0) is 16.0 Å². The summed E-state index contributed by atoms with van der Waals surface area (Å²) in [6.45, 7) is 1.66. The highest BCUT2D eigenvalue weighted by atomic mass is 35.5. The number of thiazole rings is 1. The topological polar surface area (TPSA) is 94.6 Å². The molecule has 4 rings (SSSR count). The Labute approximate surface area is 193 Å². The van der Waals surface area contributed by atoms with Gasteiger partial charge in [-0.05, 0) is 37.5 Å². The van der Waals surface area contributed by atoms with Gasteiger partial charge in [-0.1, -0.05) is 23.2 Å². The molecule has 1 aromatic heterocycles. The van der Waals surface area contributed by atoms with Gasteiger partial charge in [0.1, 0.15) is 6.04 Å². The molecule has 8 nitrogen and oxygen atoms in total. The van der Waals surface area contributed by atoms with Crippen molar-refractivity contribution in [3.05, 3.63) is 39.3 Å². The molecule has 11 heteroatoms. The van der Waals surface area contributed by atoms with Crippen LogP contribution in [0.1, 0.15) is 25.0 Å². The first kappa shape index (κ1) is 21.9. The van der Waals surface area contributed by atoms with Gasteiger partial charge in [-0.25, -0.2) is 9.78 Å². The molecule has 31 heavy (non-hydrogen) atoms. The fourth-order valence-corrected chi connectivity index (χ4v) is 4.86. The highest BCUT2D eigenvalue weighted by Gasteiger charge is 2.33. The van der Waals surface area contributed by atoms with Crippen LogP contribution in [0, 0.1) is 0 Å². The average molecular weight is 482 g/mol. The number of piperidine rings is 1. The van der Waals surface area contributed by atoms with Gasteiger partial charge in [-0.3, -0.25) is 14.5 Å². The summed E-state index contributed by atoms with van der Waals surface area (Å²) < 4.78 is 0. The number of aromatic nitrogens is 1. The number of rotatable bonds is 5. The van der Waals surface area contributed by atoms with Crippen molar-refractivity contribution in [2.24, 2.45) is 0 Å². The van der Waals surface area contributed by atoms with Crippen molar-refractivity contribution in [3.63, 3.8) is 0 Å². The number of hydrogen-bond acceptors (Lipinski definition) is 5. The quantitative estimate of drug-likeness (QED) is 0.682. The smallest absolute Gasteiger partial charge is 0.323 e. The van der Waals surface area contributed by atoms with Gasteiger partial charge in [-0.15, -0.1) is 11.3 Å². The molecule has 2 aliphatic heterocycles. The Morgan fingerprint density at radius 2 is 2.06 bits per heavy atom. The lowest BCUT2D eigenvalue weighted by Crippen LogP contribution is -2.50. The lowest BCUT2D eigenvalue weighted by Gasteiger charge is -2.34. The van der Waals surface area contributed by atoms with E-state index in [1.54, 1.807) is 33.4 Å². The van der Waals surface area contributed by atoms with Crippen LogP contribution in [-0.4, -0.2) is 53.4 Å². The van der Waals surface area contributed by atoms with Crippen molar-refractivity contribution < 1.29 is 14.4 Å². The molecule has 0 saturated carbocycles. The van der Waals surface area contributed by atoms with E-state index in [0.717, 1.165) is 12.8 Å². The molecular formula is C20H21Cl2N5O3S. The van der Waals surface area contributed by atoms with Crippen LogP contribution >= 0.6 is 34.5 Å². The zero-order chi connectivity index (χ0) is 22.0. The zero-order valence-electron chi connectivity index (χ0n) is 16.6. The van der Waals surface area contributed by atoms with Crippen LogP contribution in [0.15, 0.2) is 23.6 Å². The predicted molar refractivity (Wildman–Crippen MR) is 121 cm³/mol. The molecule has 2 aliphatic rings. The number of anilines is 2. The maximum Gasteiger partial charge on any atom is 0.323 e. The van der Waals surface area contributed by atoms with Crippen molar-refractivity contribution in [2.75, 3.05) is 29.9 Å². The molecule has 4 amide bonds. The number of amides is 4. The van der Waals surface area contributed by atoms with Gasteiger partial charge in [0.05, 0.1) is 22.2 Å². The number of carbonyl (C=O) groups excluding carboxylic acids is 3. The first-order chi connectivity index (χ1) is 14.9. The van der Waals surface area contributed by atoms with Crippen LogP contribution in [0.5, 0.6) is 0 Å². The van der Waals surface area contributed by atoms with E-state index in [2.05, 4.69) is 15.6 Å². The first-order valence-electron chi connectivity index (χ1n) is 9.97. The van der Waals surface area contributed by atoms with Crippen LogP contribution in [0.25, 0.3) is 0 Å². The number of urea groups is 1. The molecule has 164 valence electrons. The minimum atomic E-state index is -0.557. The van der Waals surface area contributed by atoms with Crippen molar-refractivity contribution in [3.8, 4) is 0 Å². The minimum Gasteiger partial charge on any atom is -0.336 e. The monoisotopic (exact) mass is 481 g/mol. The Kier molecular flexibility index (Phi) is 6.64. The van der Waals surface area contributed by atoms with Gasteiger partial charge in [0.15, 0.2) is 5.13 Å². The van der Waals surface area contributed by atoms with Gasteiger partial charge >= 0.3 is 6.03 Å². The van der Waals surface area contributed by atoms with E-state index in [0.29, 0.717) is 52.6 Å². The third-order valence-electron chi connectivity index (χ3n) is 5.27. The summed E-state index contributed by atoms with van der Waals surface area (Å²) in [6, 6.07) is 4.14. The summed E-state index contributed by atoms with van der Waals surface area (Å²) in [6.07, 6.45) is 2.39. The largest absolute Gasteiger partial charge is 0.336 e. The number of nitrogens with one attached hydrogen (secondary N) is 2. The van der Waals surface area contributed by atoms with Gasteiger partial charge < -0.3 is 15.5 Å². The highest BCUT2D eigenvalue weighted by molar-refractivity contribution is 7.14. The molecule has 3 heterocycles. The number of nitrogens with zero attached hydrogens (tertiary/aromatic N) is 3. The van der Waals surface area contributed by atoms with Crippen LogP contribution in [0.4, 0.5) is 15.6 Å². The molecule has 1 aromatic carbocycles. The van der Waals surface area contributed by atoms with E-state index in [1.165, 1.54) is 11.3 Å². The summed E-state index contributed by atoms with van der Waals surface area (Å²) in [5.41, 5.74) is 1.13. The molecule has 2 saturated heterocycles. The number of likely N-dealkylation sites (tertiary alicyclic amines) is 1. The Hall–Kier alpha value is -2.36. The molecule has 1 atom stereocenters. The fourth-order valence-electron chi connectivity index (χ4n) is 3.71. The van der Waals surface area contributed by atoms with Crippen molar-refractivity contribution >= 4 is 63.2 Å². The molecule has 2 N–H and O–H groups in total. The summed E-state index contributed by atoms with van der Waals surface area (Å²) in [5.74, 6) is -0.407. The summed E-state index contributed by atoms with van der Waals surface area (Å²) in [7, 11) is 0. The van der Waals surface area contributed by atoms with E-state index < -0.39 is 6.04 Å². The van der Waals surface area contributed by atoms with E-state index in [9.17, 15) is 14.4 Å². The van der Waals surface area contributed by atoms with Crippen molar-refractivity contribution in [1.82, 2.24) is 15.2 Å². The maximum absolute atomic E-state index is 13.0. The Bertz CT molecular complexity index is 1010. The second kappa shape index (κ2) is 9.42. The Balaban J connectivity index is 1.42. The number of carbonyl (C=O) groups is 3. The van der Waals surface area contributed by atoms with E-state index in [1.807, 2.05) is 0 Å². The zero-order valence-corrected chi connectivity index (χ0v) is 18.9. The molecule has 2 fully saturated rings. The van der Waals surface area contributed by atoms with E-state index in [-0.39, 0.29) is 24.3 Å². The summed E-state index contributed by atoms with van der Waals surface area (Å²) in [4.78, 5) is 45.3. The molecule has 0 radical (unpaired) electrons. The summed E-state index contributed by atoms with van der Waals surface area (Å²) in [5, 5.41) is 8.68. The molecule has 0 spiro atoms. The second-order valence-electron chi connectivity index (χ2n) is 7.40.